The van der Waals surface area contributed by atoms with Crippen LogP contribution in [-0.4, -0.2) is 11.0 Å². The average molecular weight is 446 g/mol. The Bertz CT molecular complexity index is 1260. The zero-order chi connectivity index (χ0) is 22.2. The molecule has 0 radical (unpaired) electrons. The lowest BCUT2D eigenvalue weighted by Gasteiger charge is -2.11. The summed E-state index contributed by atoms with van der Waals surface area (Å²) in [6, 6.07) is 16.1. The number of furan rings is 1. The molecule has 0 unspecified atom stereocenters. The number of fused-ring (bicyclic) bond motifs is 1. The maximum atomic E-state index is 13.5. The monoisotopic (exact) mass is 445 g/mol. The van der Waals surface area contributed by atoms with E-state index in [-0.39, 0.29) is 17.9 Å². The normalized spacial score (nSPS) is 11.6. The quantitative estimate of drug-likeness (QED) is 0.381. The first kappa shape index (κ1) is 20.8. The molecule has 0 fully saturated rings. The van der Waals surface area contributed by atoms with Gasteiger partial charge in [0.05, 0.1) is 11.8 Å². The highest BCUT2D eigenvalue weighted by Gasteiger charge is 2.41. The van der Waals surface area contributed by atoms with Gasteiger partial charge in [-0.1, -0.05) is 48.0 Å². The molecule has 1 heterocycles. The van der Waals surface area contributed by atoms with E-state index in [0.29, 0.717) is 16.1 Å². The third-order valence-corrected chi connectivity index (χ3v) is 5.08. The van der Waals surface area contributed by atoms with E-state index in [9.17, 15) is 23.1 Å². The molecule has 1 aromatic heterocycles. The zero-order valence-corrected chi connectivity index (χ0v) is 16.6. The van der Waals surface area contributed by atoms with E-state index in [1.54, 1.807) is 30.3 Å². The summed E-state index contributed by atoms with van der Waals surface area (Å²) >= 11 is 5.86. The van der Waals surface area contributed by atoms with Gasteiger partial charge < -0.3 is 14.8 Å². The third kappa shape index (κ3) is 4.22. The van der Waals surface area contributed by atoms with E-state index in [4.69, 9.17) is 16.0 Å². The Labute approximate surface area is 179 Å². The van der Waals surface area contributed by atoms with Gasteiger partial charge in [0.15, 0.2) is 0 Å². The molecule has 4 rings (SSSR count). The van der Waals surface area contributed by atoms with E-state index < -0.39 is 23.4 Å². The topological polar surface area (TPSA) is 62.5 Å². The number of alkyl halides is 3. The van der Waals surface area contributed by atoms with Gasteiger partial charge in [0.2, 0.25) is 5.76 Å². The van der Waals surface area contributed by atoms with Crippen LogP contribution in [0.25, 0.3) is 21.9 Å². The van der Waals surface area contributed by atoms with E-state index >= 15 is 0 Å². The van der Waals surface area contributed by atoms with Crippen LogP contribution in [0.3, 0.4) is 0 Å². The second-order valence-corrected chi connectivity index (χ2v) is 7.30. The van der Waals surface area contributed by atoms with Crippen LogP contribution in [0.15, 0.2) is 71.3 Å². The van der Waals surface area contributed by atoms with Gasteiger partial charge in [-0.05, 0) is 46.2 Å². The Balaban J connectivity index is 1.68. The second-order valence-electron chi connectivity index (χ2n) is 6.86. The van der Waals surface area contributed by atoms with Crippen molar-refractivity contribution in [2.45, 2.75) is 12.7 Å². The molecule has 0 aliphatic heterocycles. The molecule has 158 valence electrons. The summed E-state index contributed by atoms with van der Waals surface area (Å²) in [4.78, 5) is 12.9. The minimum Gasteiger partial charge on any atom is -0.508 e. The molecule has 2 N–H and O–H groups in total. The number of phenols is 1. The van der Waals surface area contributed by atoms with Crippen molar-refractivity contribution in [3.05, 3.63) is 88.8 Å². The number of benzene rings is 3. The predicted molar refractivity (Wildman–Crippen MR) is 111 cm³/mol. The number of rotatable bonds is 4. The molecular weight excluding hydrogens is 431 g/mol. The number of amides is 1. The first-order valence-electron chi connectivity index (χ1n) is 9.17. The van der Waals surface area contributed by atoms with Crippen LogP contribution in [0.2, 0.25) is 5.02 Å². The van der Waals surface area contributed by atoms with Gasteiger partial charge in [-0.15, -0.1) is 0 Å². The fourth-order valence-electron chi connectivity index (χ4n) is 3.39. The summed E-state index contributed by atoms with van der Waals surface area (Å²) in [6.07, 6.45) is -3.92. The van der Waals surface area contributed by atoms with Crippen LogP contribution < -0.4 is 5.32 Å². The molecule has 0 saturated heterocycles. The molecule has 0 aliphatic carbocycles. The Hall–Kier alpha value is -3.45. The van der Waals surface area contributed by atoms with E-state index in [1.807, 2.05) is 0 Å². The number of carbonyl (C=O) groups excluding carboxylic acids is 1. The Morgan fingerprint density at radius 2 is 1.81 bits per heavy atom. The molecule has 4 nitrogen and oxygen atoms in total. The molecule has 0 spiro atoms. The minimum absolute atomic E-state index is 0.0104. The Morgan fingerprint density at radius 3 is 2.52 bits per heavy atom. The smallest absolute Gasteiger partial charge is 0.450 e. The van der Waals surface area contributed by atoms with Gasteiger partial charge in [0.25, 0.3) is 5.91 Å². The molecule has 0 saturated carbocycles. The molecule has 8 heteroatoms. The largest absolute Gasteiger partial charge is 0.508 e. The van der Waals surface area contributed by atoms with E-state index in [0.717, 1.165) is 17.0 Å². The summed E-state index contributed by atoms with van der Waals surface area (Å²) in [5.41, 5.74) is 0.488. The fraction of sp³-hybridized carbons (Fsp3) is 0.0870. The number of halogens is 4. The van der Waals surface area contributed by atoms with Crippen molar-refractivity contribution < 1.29 is 27.5 Å². The molecule has 3 aromatic carbocycles. The van der Waals surface area contributed by atoms with Crippen molar-refractivity contribution >= 4 is 28.3 Å². The first-order valence-corrected chi connectivity index (χ1v) is 9.55. The van der Waals surface area contributed by atoms with Crippen molar-refractivity contribution in [1.29, 1.82) is 0 Å². The number of hydrogen-bond donors (Lipinski definition) is 2. The SMILES string of the molecule is O=C(NCc1cccc2cc(O)ccc12)c1c(-c2ccc(Cl)cc2)coc1C(F)(F)F. The van der Waals surface area contributed by atoms with Crippen molar-refractivity contribution in [1.82, 2.24) is 5.32 Å². The highest BCUT2D eigenvalue weighted by Crippen LogP contribution is 2.38. The summed E-state index contributed by atoms with van der Waals surface area (Å²) in [6.45, 7) is -0.0104. The maximum absolute atomic E-state index is 13.5. The molecule has 1 amide bonds. The number of aromatic hydroxyl groups is 1. The Morgan fingerprint density at radius 1 is 1.06 bits per heavy atom. The molecular formula is C23H15ClF3NO3. The summed E-state index contributed by atoms with van der Waals surface area (Å²) in [5, 5.41) is 14.1. The van der Waals surface area contributed by atoms with Gasteiger partial charge in [0.1, 0.15) is 5.75 Å². The van der Waals surface area contributed by atoms with Crippen molar-refractivity contribution in [3.8, 4) is 16.9 Å². The molecule has 31 heavy (non-hydrogen) atoms. The average Bonchev–Trinajstić information content (AvgIpc) is 3.18. The zero-order valence-electron chi connectivity index (χ0n) is 15.8. The van der Waals surface area contributed by atoms with E-state index in [2.05, 4.69) is 5.32 Å². The van der Waals surface area contributed by atoms with Gasteiger partial charge in [-0.3, -0.25) is 4.79 Å². The van der Waals surface area contributed by atoms with Crippen LogP contribution in [0.4, 0.5) is 13.2 Å². The molecule has 0 bridgehead atoms. The van der Waals surface area contributed by atoms with Gasteiger partial charge in [-0.2, -0.15) is 13.2 Å². The van der Waals surface area contributed by atoms with Crippen molar-refractivity contribution in [2.75, 3.05) is 0 Å². The highest BCUT2D eigenvalue weighted by molar-refractivity contribution is 6.30. The van der Waals surface area contributed by atoms with Crippen LogP contribution >= 0.6 is 11.6 Å². The van der Waals surface area contributed by atoms with Gasteiger partial charge >= 0.3 is 6.18 Å². The number of phenolic OH excluding ortho intramolecular Hbond substituents is 1. The van der Waals surface area contributed by atoms with Crippen LogP contribution in [0, 0.1) is 0 Å². The summed E-state index contributed by atoms with van der Waals surface area (Å²) in [5.74, 6) is -2.19. The van der Waals surface area contributed by atoms with Gasteiger partial charge in [-0.25, -0.2) is 0 Å². The summed E-state index contributed by atoms with van der Waals surface area (Å²) in [7, 11) is 0. The predicted octanol–water partition coefficient (Wildman–Crippen LogP) is 6.41. The lowest BCUT2D eigenvalue weighted by atomic mass is 10.0. The molecule has 4 aromatic rings. The molecule has 0 atom stereocenters. The van der Waals surface area contributed by atoms with Crippen LogP contribution in [-0.2, 0) is 12.7 Å². The number of carbonyl (C=O) groups is 1. The first-order chi connectivity index (χ1) is 14.7. The standard InChI is InChI=1S/C23H15ClF3NO3/c24-16-6-4-13(5-7-16)19-12-31-21(23(25,26)27)20(19)22(30)28-11-15-3-1-2-14-10-17(29)8-9-18(14)15/h1-10,12,29H,11H2,(H,28,30). The minimum atomic E-state index is -4.84. The maximum Gasteiger partial charge on any atom is 0.450 e. The van der Waals surface area contributed by atoms with Crippen molar-refractivity contribution in [2.24, 2.45) is 0 Å². The fourth-order valence-corrected chi connectivity index (χ4v) is 3.52. The number of nitrogens with one attached hydrogen (secondary N) is 1. The lowest BCUT2D eigenvalue weighted by molar-refractivity contribution is -0.153. The highest BCUT2D eigenvalue weighted by atomic mass is 35.5. The summed E-state index contributed by atoms with van der Waals surface area (Å²) < 4.78 is 45.2. The second kappa shape index (κ2) is 8.00. The van der Waals surface area contributed by atoms with Crippen molar-refractivity contribution in [3.63, 3.8) is 0 Å². The third-order valence-electron chi connectivity index (χ3n) is 4.82. The van der Waals surface area contributed by atoms with Gasteiger partial charge in [0, 0.05) is 17.1 Å². The van der Waals surface area contributed by atoms with Crippen LogP contribution in [0.5, 0.6) is 5.75 Å². The Kier molecular flexibility index (Phi) is 5.37. The molecule has 0 aliphatic rings. The van der Waals surface area contributed by atoms with Crippen LogP contribution in [0.1, 0.15) is 21.7 Å². The number of hydrogen-bond acceptors (Lipinski definition) is 3. The lowest BCUT2D eigenvalue weighted by Crippen LogP contribution is -2.25. The van der Waals surface area contributed by atoms with E-state index in [1.165, 1.54) is 30.3 Å².